The van der Waals surface area contributed by atoms with Crippen LogP contribution < -0.4 is 32.7 Å². The van der Waals surface area contributed by atoms with Gasteiger partial charge in [-0.05, 0) is 70.8 Å². The molecule has 0 saturated carbocycles. The SMILES string of the molecule is NCCN(CCN)c1cccc(-c2ccc3[nH]c4ccc(-c5cccc(N(CCN)CCN)c5)cc4c3c2)c1. The summed E-state index contributed by atoms with van der Waals surface area (Å²) in [5.74, 6) is 0. The molecule has 0 aliphatic carbocycles. The number of aromatic amines is 1. The van der Waals surface area contributed by atoms with E-state index < -0.39 is 0 Å². The lowest BCUT2D eigenvalue weighted by atomic mass is 9.99. The zero-order valence-electron chi connectivity index (χ0n) is 22.4. The van der Waals surface area contributed by atoms with E-state index in [1.54, 1.807) is 0 Å². The van der Waals surface area contributed by atoms with E-state index in [-0.39, 0.29) is 0 Å². The maximum Gasteiger partial charge on any atom is 0.0465 e. The minimum atomic E-state index is 0.592. The summed E-state index contributed by atoms with van der Waals surface area (Å²) in [5.41, 5.74) is 32.7. The van der Waals surface area contributed by atoms with Crippen molar-refractivity contribution in [3.8, 4) is 22.3 Å². The molecule has 9 N–H and O–H groups in total. The first-order valence-corrected chi connectivity index (χ1v) is 13.7. The molecule has 0 radical (unpaired) electrons. The van der Waals surface area contributed by atoms with Gasteiger partial charge in [-0.1, -0.05) is 36.4 Å². The summed E-state index contributed by atoms with van der Waals surface area (Å²) in [7, 11) is 0. The van der Waals surface area contributed by atoms with Gasteiger partial charge in [-0.2, -0.15) is 0 Å². The van der Waals surface area contributed by atoms with Crippen LogP contribution in [0.3, 0.4) is 0 Å². The zero-order valence-corrected chi connectivity index (χ0v) is 22.4. The number of nitrogens with one attached hydrogen (secondary N) is 1. The van der Waals surface area contributed by atoms with Gasteiger partial charge in [0.15, 0.2) is 0 Å². The Labute approximate surface area is 230 Å². The molecule has 0 aliphatic rings. The summed E-state index contributed by atoms with van der Waals surface area (Å²) in [6.45, 7) is 5.49. The maximum absolute atomic E-state index is 5.86. The fourth-order valence-electron chi connectivity index (χ4n) is 5.38. The molecule has 0 bridgehead atoms. The summed E-state index contributed by atoms with van der Waals surface area (Å²) >= 11 is 0. The third-order valence-electron chi connectivity index (χ3n) is 7.28. The lowest BCUT2D eigenvalue weighted by molar-refractivity contribution is 0.782. The standard InChI is InChI=1S/C32H39N7/c33-11-15-38(16-12-34)27-5-1-3-23(19-27)25-7-9-31-29(21-25)30-22-26(8-10-32(30)37-31)24-4-2-6-28(20-24)39(17-13-35)18-14-36/h1-10,19-22,37H,11-18,33-36H2. The summed E-state index contributed by atoms with van der Waals surface area (Å²) in [5, 5.41) is 2.42. The minimum Gasteiger partial charge on any atom is -0.369 e. The van der Waals surface area contributed by atoms with Crippen LogP contribution in [0.25, 0.3) is 44.1 Å². The predicted octanol–water partition coefficient (Wildman–Crippen LogP) is 4.10. The Balaban J connectivity index is 1.53. The number of anilines is 2. The Kier molecular flexibility index (Phi) is 8.44. The van der Waals surface area contributed by atoms with Crippen molar-refractivity contribution in [3.05, 3.63) is 84.9 Å². The highest BCUT2D eigenvalue weighted by atomic mass is 15.1. The number of fused-ring (bicyclic) bond motifs is 3. The number of benzene rings is 4. The zero-order chi connectivity index (χ0) is 27.2. The van der Waals surface area contributed by atoms with Crippen molar-refractivity contribution in [3.63, 3.8) is 0 Å². The molecule has 5 rings (SSSR count). The maximum atomic E-state index is 5.86. The number of hydrogen-bond acceptors (Lipinski definition) is 6. The van der Waals surface area contributed by atoms with Gasteiger partial charge in [-0.25, -0.2) is 0 Å². The van der Waals surface area contributed by atoms with Gasteiger partial charge in [0.25, 0.3) is 0 Å². The fourth-order valence-corrected chi connectivity index (χ4v) is 5.38. The van der Waals surface area contributed by atoms with Gasteiger partial charge in [-0.3, -0.25) is 0 Å². The van der Waals surface area contributed by atoms with Crippen LogP contribution in [0, 0.1) is 0 Å². The second-order valence-electron chi connectivity index (χ2n) is 9.88. The molecule has 0 spiro atoms. The summed E-state index contributed by atoms with van der Waals surface area (Å²) in [6, 6.07) is 30.5. The average Bonchev–Trinajstić information content (AvgIpc) is 3.34. The van der Waals surface area contributed by atoms with Crippen LogP contribution in [-0.4, -0.2) is 57.3 Å². The molecular formula is C32H39N7. The van der Waals surface area contributed by atoms with E-state index in [9.17, 15) is 0 Å². The molecule has 0 aliphatic heterocycles. The molecule has 0 atom stereocenters. The molecule has 39 heavy (non-hydrogen) atoms. The molecule has 0 amide bonds. The number of H-pyrrole nitrogens is 1. The number of hydrogen-bond donors (Lipinski definition) is 5. The lowest BCUT2D eigenvalue weighted by Gasteiger charge is -2.24. The Hall–Kier alpha value is -3.88. The van der Waals surface area contributed by atoms with Gasteiger partial charge in [0.2, 0.25) is 0 Å². The van der Waals surface area contributed by atoms with Crippen molar-refractivity contribution in [2.45, 2.75) is 0 Å². The first-order chi connectivity index (χ1) is 19.1. The molecule has 5 aromatic rings. The number of rotatable bonds is 12. The second kappa shape index (κ2) is 12.3. The largest absolute Gasteiger partial charge is 0.369 e. The topological polar surface area (TPSA) is 126 Å². The van der Waals surface area contributed by atoms with Crippen molar-refractivity contribution < 1.29 is 0 Å². The van der Waals surface area contributed by atoms with E-state index in [0.29, 0.717) is 26.2 Å². The third kappa shape index (κ3) is 5.77. The molecule has 202 valence electrons. The van der Waals surface area contributed by atoms with E-state index in [1.165, 1.54) is 33.0 Å². The number of nitrogens with two attached hydrogens (primary N) is 4. The van der Waals surface area contributed by atoms with Crippen molar-refractivity contribution in [2.75, 3.05) is 62.2 Å². The van der Waals surface area contributed by atoms with Crippen molar-refractivity contribution >= 4 is 33.2 Å². The molecule has 0 unspecified atom stereocenters. The Morgan fingerprint density at radius 1 is 0.462 bits per heavy atom. The molecule has 4 aromatic carbocycles. The Morgan fingerprint density at radius 2 is 0.846 bits per heavy atom. The quantitative estimate of drug-likeness (QED) is 0.168. The molecule has 0 saturated heterocycles. The van der Waals surface area contributed by atoms with Crippen molar-refractivity contribution in [1.82, 2.24) is 4.98 Å². The van der Waals surface area contributed by atoms with E-state index >= 15 is 0 Å². The number of aromatic nitrogens is 1. The molecule has 7 nitrogen and oxygen atoms in total. The van der Waals surface area contributed by atoms with Gasteiger partial charge in [0.1, 0.15) is 0 Å². The molecule has 1 heterocycles. The highest BCUT2D eigenvalue weighted by Gasteiger charge is 2.12. The first-order valence-electron chi connectivity index (χ1n) is 13.7. The van der Waals surface area contributed by atoms with Gasteiger partial charge >= 0.3 is 0 Å². The smallest absolute Gasteiger partial charge is 0.0465 e. The van der Waals surface area contributed by atoms with Crippen LogP contribution in [0.5, 0.6) is 0 Å². The fraction of sp³-hybridized carbons (Fsp3) is 0.250. The summed E-state index contributed by atoms with van der Waals surface area (Å²) in [4.78, 5) is 8.08. The molecule has 1 aromatic heterocycles. The highest BCUT2D eigenvalue weighted by molar-refractivity contribution is 6.09. The molecular weight excluding hydrogens is 482 g/mol. The normalized spacial score (nSPS) is 11.4. The Bertz CT molecular complexity index is 1410. The average molecular weight is 522 g/mol. The Morgan fingerprint density at radius 3 is 1.23 bits per heavy atom. The van der Waals surface area contributed by atoms with E-state index in [0.717, 1.165) is 48.6 Å². The molecule has 0 fully saturated rings. The van der Waals surface area contributed by atoms with Crippen LogP contribution in [-0.2, 0) is 0 Å². The van der Waals surface area contributed by atoms with Crippen LogP contribution in [0.2, 0.25) is 0 Å². The van der Waals surface area contributed by atoms with Crippen LogP contribution in [0.15, 0.2) is 84.9 Å². The summed E-state index contributed by atoms with van der Waals surface area (Å²) in [6.07, 6.45) is 0. The van der Waals surface area contributed by atoms with Gasteiger partial charge in [-0.15, -0.1) is 0 Å². The highest BCUT2D eigenvalue weighted by Crippen LogP contribution is 2.34. The van der Waals surface area contributed by atoms with Gasteiger partial charge in [0.05, 0.1) is 0 Å². The lowest BCUT2D eigenvalue weighted by Crippen LogP contribution is -2.33. The van der Waals surface area contributed by atoms with Crippen LogP contribution in [0.4, 0.5) is 11.4 Å². The van der Waals surface area contributed by atoms with E-state index in [1.807, 2.05) is 0 Å². The second-order valence-corrected chi connectivity index (χ2v) is 9.88. The van der Waals surface area contributed by atoms with Crippen LogP contribution in [0.1, 0.15) is 0 Å². The number of nitrogens with zero attached hydrogens (tertiary/aromatic N) is 2. The van der Waals surface area contributed by atoms with Crippen molar-refractivity contribution in [1.29, 1.82) is 0 Å². The van der Waals surface area contributed by atoms with E-state index in [2.05, 4.69) is 99.7 Å². The monoisotopic (exact) mass is 521 g/mol. The van der Waals surface area contributed by atoms with Crippen molar-refractivity contribution in [2.24, 2.45) is 22.9 Å². The van der Waals surface area contributed by atoms with E-state index in [4.69, 9.17) is 22.9 Å². The first kappa shape index (κ1) is 26.7. The van der Waals surface area contributed by atoms with Crippen LogP contribution >= 0.6 is 0 Å². The third-order valence-corrected chi connectivity index (χ3v) is 7.28. The van der Waals surface area contributed by atoms with Gasteiger partial charge in [0, 0.05) is 85.5 Å². The minimum absolute atomic E-state index is 0.592. The molecule has 7 heteroatoms. The predicted molar refractivity (Wildman–Crippen MR) is 167 cm³/mol. The van der Waals surface area contributed by atoms with Gasteiger partial charge < -0.3 is 37.7 Å². The summed E-state index contributed by atoms with van der Waals surface area (Å²) < 4.78 is 0.